The van der Waals surface area contributed by atoms with Gasteiger partial charge in [0.1, 0.15) is 11.2 Å². The Morgan fingerprint density at radius 3 is 2.00 bits per heavy atom. The summed E-state index contributed by atoms with van der Waals surface area (Å²) in [5, 5.41) is 11.0. The topological polar surface area (TPSA) is 76.1 Å². The Kier molecular flexibility index (Phi) is 6.76. The largest absolute Gasteiger partial charge is 0.457 e. The molecule has 6 nitrogen and oxygen atoms in total. The molecule has 0 aliphatic heterocycles. The van der Waals surface area contributed by atoms with E-state index in [-0.39, 0.29) is 12.2 Å². The minimum atomic E-state index is -0.809. The smallest absolute Gasteiger partial charge is 0.357 e. The molecular weight excluding hydrogens is 322 g/mol. The van der Waals surface area contributed by atoms with Crippen molar-refractivity contribution in [3.8, 4) is 0 Å². The summed E-state index contributed by atoms with van der Waals surface area (Å²) in [5.41, 5.74) is -0.999. The highest BCUT2D eigenvalue weighted by molar-refractivity contribution is 5.96. The second-order valence-corrected chi connectivity index (χ2v) is 7.61. The number of carbonyl (C=O) groups is 2. The van der Waals surface area contributed by atoms with Crippen molar-refractivity contribution in [3.63, 3.8) is 0 Å². The van der Waals surface area contributed by atoms with Gasteiger partial charge in [0, 0.05) is 0 Å². The molecule has 0 bridgehead atoms. The van der Waals surface area contributed by atoms with Crippen molar-refractivity contribution in [3.05, 3.63) is 47.7 Å². The summed E-state index contributed by atoms with van der Waals surface area (Å²) in [6, 6.07) is 9.06. The molecule has 1 aromatic rings. The Bertz CT molecular complexity index is 623. The Balaban J connectivity index is 3.05. The molecule has 0 aromatic heterocycles. The van der Waals surface area contributed by atoms with Gasteiger partial charge in [0.25, 0.3) is 0 Å². The molecule has 138 valence electrons. The van der Waals surface area contributed by atoms with Crippen LogP contribution in [0.3, 0.4) is 0 Å². The van der Waals surface area contributed by atoms with Crippen LogP contribution in [0.1, 0.15) is 47.1 Å². The maximum Gasteiger partial charge on any atom is 0.357 e. The van der Waals surface area contributed by atoms with Crippen LogP contribution in [-0.4, -0.2) is 33.4 Å². The lowest BCUT2D eigenvalue weighted by Crippen LogP contribution is -2.32. The van der Waals surface area contributed by atoms with Gasteiger partial charge >= 0.3 is 11.9 Å². The second kappa shape index (κ2) is 8.16. The molecule has 0 spiro atoms. The molecule has 1 aromatic carbocycles. The summed E-state index contributed by atoms with van der Waals surface area (Å²) in [6.07, 6.45) is 0.947. The van der Waals surface area contributed by atoms with Crippen molar-refractivity contribution >= 4 is 11.9 Å². The van der Waals surface area contributed by atoms with Crippen LogP contribution in [0, 0.1) is 0 Å². The lowest BCUT2D eigenvalue weighted by molar-refractivity contribution is -0.161. The Hall–Kier alpha value is -2.34. The van der Waals surface area contributed by atoms with Crippen LogP contribution in [-0.2, 0) is 25.6 Å². The van der Waals surface area contributed by atoms with Crippen molar-refractivity contribution in [1.29, 1.82) is 0 Å². The number of benzene rings is 1. The standard InChI is InChI=1S/C19H27NO5/c1-18(2,3)24-16(21)12-15(17(22)25-19(4,5)6)20(23)13-14-10-8-7-9-11-14/h7-12,23H,13H2,1-6H3/b15-12+. The van der Waals surface area contributed by atoms with E-state index in [1.807, 2.05) is 18.2 Å². The first-order valence-corrected chi connectivity index (χ1v) is 8.06. The van der Waals surface area contributed by atoms with E-state index in [0.717, 1.165) is 11.6 Å². The van der Waals surface area contributed by atoms with Crippen molar-refractivity contribution < 1.29 is 24.3 Å². The van der Waals surface area contributed by atoms with Gasteiger partial charge in [-0.3, -0.25) is 5.21 Å². The molecule has 0 fully saturated rings. The lowest BCUT2D eigenvalue weighted by Gasteiger charge is -2.25. The summed E-state index contributed by atoms with van der Waals surface area (Å²) < 4.78 is 10.5. The lowest BCUT2D eigenvalue weighted by atomic mass is 10.2. The van der Waals surface area contributed by atoms with Crippen LogP contribution in [0.4, 0.5) is 0 Å². The molecule has 0 aliphatic carbocycles. The summed E-state index contributed by atoms with van der Waals surface area (Å²) in [6.45, 7) is 10.3. The van der Waals surface area contributed by atoms with Crippen LogP contribution in [0.5, 0.6) is 0 Å². The molecule has 1 rings (SSSR count). The maximum atomic E-state index is 12.4. The molecule has 1 N–H and O–H groups in total. The number of rotatable bonds is 5. The van der Waals surface area contributed by atoms with Gasteiger partial charge in [-0.1, -0.05) is 30.3 Å². The van der Waals surface area contributed by atoms with Crippen LogP contribution >= 0.6 is 0 Å². The summed E-state index contributed by atoms with van der Waals surface area (Å²) in [4.78, 5) is 24.4. The molecule has 0 amide bonds. The molecule has 0 unspecified atom stereocenters. The molecule has 0 heterocycles. The van der Waals surface area contributed by atoms with Gasteiger partial charge in [-0.25, -0.2) is 14.7 Å². The maximum absolute atomic E-state index is 12.4. The molecule has 6 heteroatoms. The minimum Gasteiger partial charge on any atom is -0.457 e. The summed E-state index contributed by atoms with van der Waals surface area (Å²) >= 11 is 0. The van der Waals surface area contributed by atoms with Crippen molar-refractivity contribution in [2.24, 2.45) is 0 Å². The first-order chi connectivity index (χ1) is 11.4. The van der Waals surface area contributed by atoms with Crippen molar-refractivity contribution in [2.75, 3.05) is 0 Å². The van der Waals surface area contributed by atoms with Crippen molar-refractivity contribution in [1.82, 2.24) is 5.06 Å². The predicted molar refractivity (Wildman–Crippen MR) is 93.5 cm³/mol. The van der Waals surface area contributed by atoms with Crippen LogP contribution < -0.4 is 0 Å². The quantitative estimate of drug-likeness (QED) is 0.498. The zero-order chi connectivity index (χ0) is 19.3. The number of esters is 2. The fraction of sp³-hybridized carbons (Fsp3) is 0.474. The van der Waals surface area contributed by atoms with Gasteiger partial charge < -0.3 is 9.47 Å². The predicted octanol–water partition coefficient (Wildman–Crippen LogP) is 3.45. The highest BCUT2D eigenvalue weighted by Crippen LogP contribution is 2.16. The van der Waals surface area contributed by atoms with E-state index in [4.69, 9.17) is 9.47 Å². The fourth-order valence-electron chi connectivity index (χ4n) is 1.85. The molecule has 0 radical (unpaired) electrons. The molecule has 0 aliphatic rings. The van der Waals surface area contributed by atoms with Gasteiger partial charge in [-0.15, -0.1) is 0 Å². The van der Waals surface area contributed by atoms with Gasteiger partial charge in [-0.2, -0.15) is 0 Å². The second-order valence-electron chi connectivity index (χ2n) is 7.61. The SMILES string of the molecule is CC(C)(C)OC(=O)/C=C(\C(=O)OC(C)(C)C)N(O)Cc1ccccc1. The third kappa shape index (κ3) is 8.35. The van der Waals surface area contributed by atoms with E-state index in [1.54, 1.807) is 53.7 Å². The van der Waals surface area contributed by atoms with Gasteiger partial charge in [0.05, 0.1) is 12.6 Å². The normalized spacial score (nSPS) is 12.5. The van der Waals surface area contributed by atoms with Gasteiger partial charge in [0.15, 0.2) is 5.70 Å². The highest BCUT2D eigenvalue weighted by Gasteiger charge is 2.26. The number of carbonyl (C=O) groups excluding carboxylic acids is 2. The van der Waals surface area contributed by atoms with Crippen molar-refractivity contribution in [2.45, 2.75) is 59.3 Å². The number of nitrogens with zero attached hydrogens (tertiary/aromatic N) is 1. The van der Waals surface area contributed by atoms with E-state index >= 15 is 0 Å². The minimum absolute atomic E-state index is 0.0225. The molecule has 25 heavy (non-hydrogen) atoms. The van der Waals surface area contributed by atoms with E-state index < -0.39 is 23.1 Å². The van der Waals surface area contributed by atoms with E-state index in [1.165, 1.54) is 0 Å². The van der Waals surface area contributed by atoms with Crippen LogP contribution in [0.15, 0.2) is 42.1 Å². The van der Waals surface area contributed by atoms with Gasteiger partial charge in [-0.05, 0) is 47.1 Å². The third-order valence-corrected chi connectivity index (χ3v) is 2.72. The Labute approximate surface area is 149 Å². The van der Waals surface area contributed by atoms with Crippen LogP contribution in [0.25, 0.3) is 0 Å². The first kappa shape index (κ1) is 20.7. The molecule has 0 atom stereocenters. The zero-order valence-electron chi connectivity index (χ0n) is 15.7. The summed E-state index contributed by atoms with van der Waals surface area (Å²) in [5.74, 6) is -1.54. The Morgan fingerprint density at radius 1 is 1.00 bits per heavy atom. The molecular formula is C19H27NO5. The average molecular weight is 349 g/mol. The molecule has 0 saturated heterocycles. The van der Waals surface area contributed by atoms with Crippen LogP contribution in [0.2, 0.25) is 0 Å². The summed E-state index contributed by atoms with van der Waals surface area (Å²) in [7, 11) is 0. The van der Waals surface area contributed by atoms with E-state index in [0.29, 0.717) is 5.06 Å². The number of ether oxygens (including phenoxy) is 2. The average Bonchev–Trinajstić information content (AvgIpc) is 2.41. The highest BCUT2D eigenvalue weighted by atomic mass is 16.6. The molecule has 0 saturated carbocycles. The zero-order valence-corrected chi connectivity index (χ0v) is 15.7. The fourth-order valence-corrected chi connectivity index (χ4v) is 1.85. The Morgan fingerprint density at radius 2 is 1.52 bits per heavy atom. The monoisotopic (exact) mass is 349 g/mol. The van der Waals surface area contributed by atoms with E-state index in [9.17, 15) is 14.8 Å². The third-order valence-electron chi connectivity index (χ3n) is 2.72. The number of hydrogen-bond acceptors (Lipinski definition) is 6. The van der Waals surface area contributed by atoms with E-state index in [2.05, 4.69) is 0 Å². The number of hydrogen-bond donors (Lipinski definition) is 1. The first-order valence-electron chi connectivity index (χ1n) is 8.06. The number of hydroxylamine groups is 2. The van der Waals surface area contributed by atoms with Gasteiger partial charge in [0.2, 0.25) is 0 Å².